The maximum absolute atomic E-state index is 9.05. The van der Waals surface area contributed by atoms with E-state index in [1.165, 1.54) is 16.9 Å². The Morgan fingerprint density at radius 2 is 2.24 bits per heavy atom. The number of aliphatic hydroxyl groups excluding tert-OH is 1. The summed E-state index contributed by atoms with van der Waals surface area (Å²) in [5.74, 6) is 1.22. The van der Waals surface area contributed by atoms with Crippen molar-refractivity contribution < 1.29 is 14.6 Å². The van der Waals surface area contributed by atoms with Gasteiger partial charge in [-0.15, -0.1) is 11.3 Å². The molecule has 1 aliphatic rings. The zero-order valence-corrected chi connectivity index (χ0v) is 16.6. The number of rotatable bonds is 7. The molecule has 0 spiro atoms. The number of pyridine rings is 1. The third-order valence-electron chi connectivity index (χ3n) is 4.98. The Morgan fingerprint density at radius 3 is 3.07 bits per heavy atom. The van der Waals surface area contributed by atoms with Crippen molar-refractivity contribution in [2.75, 3.05) is 25.3 Å². The molecule has 0 unspecified atom stereocenters. The van der Waals surface area contributed by atoms with E-state index in [4.69, 9.17) is 19.8 Å². The van der Waals surface area contributed by atoms with E-state index in [-0.39, 0.29) is 6.79 Å². The average molecular weight is 407 g/mol. The van der Waals surface area contributed by atoms with Crippen LogP contribution in [0.1, 0.15) is 28.3 Å². The summed E-state index contributed by atoms with van der Waals surface area (Å²) < 4.78 is 11.1. The van der Waals surface area contributed by atoms with Crippen molar-refractivity contribution >= 4 is 17.0 Å². The maximum Gasteiger partial charge on any atom is 0.144 e. The van der Waals surface area contributed by atoms with Crippen molar-refractivity contribution in [3.63, 3.8) is 0 Å². The molecule has 0 radical (unpaired) electrons. The zero-order chi connectivity index (χ0) is 20.1. The molecule has 1 aromatic carbocycles. The number of aliphatic hydroxyl groups is 1. The minimum atomic E-state index is -0.308. The van der Waals surface area contributed by atoms with E-state index in [1.54, 1.807) is 12.4 Å². The Morgan fingerprint density at radius 1 is 1.31 bits per heavy atom. The van der Waals surface area contributed by atoms with Gasteiger partial charge in [0.2, 0.25) is 0 Å². The van der Waals surface area contributed by atoms with Crippen molar-refractivity contribution in [3.8, 4) is 22.3 Å². The lowest BCUT2D eigenvalue weighted by atomic mass is 9.91. The summed E-state index contributed by atoms with van der Waals surface area (Å²) in [4.78, 5) is 5.96. The van der Waals surface area contributed by atoms with Gasteiger partial charge in [0, 0.05) is 29.1 Å². The van der Waals surface area contributed by atoms with Gasteiger partial charge < -0.3 is 19.9 Å². The van der Waals surface area contributed by atoms with Crippen molar-refractivity contribution in [1.29, 1.82) is 5.26 Å². The van der Waals surface area contributed by atoms with Gasteiger partial charge >= 0.3 is 0 Å². The first-order chi connectivity index (χ1) is 14.3. The molecule has 0 fully saturated rings. The predicted molar refractivity (Wildman–Crippen MR) is 112 cm³/mol. The van der Waals surface area contributed by atoms with E-state index < -0.39 is 0 Å². The second-order valence-electron chi connectivity index (χ2n) is 6.75. The van der Waals surface area contributed by atoms with Crippen molar-refractivity contribution in [2.45, 2.75) is 18.9 Å². The molecule has 0 saturated heterocycles. The first kappa shape index (κ1) is 19.4. The molecule has 148 valence electrons. The molecular formula is C22H21N3O3S. The van der Waals surface area contributed by atoms with E-state index in [0.717, 1.165) is 40.4 Å². The second kappa shape index (κ2) is 9.05. The van der Waals surface area contributed by atoms with Crippen LogP contribution in [0.5, 0.6) is 5.75 Å². The normalized spacial score (nSPS) is 15.2. The summed E-state index contributed by atoms with van der Waals surface area (Å²) in [6.45, 7) is 1.45. The lowest BCUT2D eigenvalue weighted by Crippen LogP contribution is -2.21. The fourth-order valence-corrected chi connectivity index (χ4v) is 4.28. The van der Waals surface area contributed by atoms with Crippen LogP contribution in [0, 0.1) is 11.3 Å². The molecule has 6 nitrogen and oxygen atoms in total. The highest BCUT2D eigenvalue weighted by molar-refractivity contribution is 7.16. The van der Waals surface area contributed by atoms with Gasteiger partial charge in [-0.25, -0.2) is 0 Å². The summed E-state index contributed by atoms with van der Waals surface area (Å²) in [6.07, 6.45) is 4.43. The number of nitrogens with one attached hydrogen (secondary N) is 1. The molecule has 29 heavy (non-hydrogen) atoms. The zero-order valence-electron chi connectivity index (χ0n) is 15.8. The molecule has 0 bridgehead atoms. The third-order valence-corrected chi connectivity index (χ3v) is 6.02. The van der Waals surface area contributed by atoms with Crippen LogP contribution in [0.4, 0.5) is 5.69 Å². The summed E-state index contributed by atoms with van der Waals surface area (Å²) in [5, 5.41) is 21.4. The van der Waals surface area contributed by atoms with Gasteiger partial charge in [0.15, 0.2) is 0 Å². The summed E-state index contributed by atoms with van der Waals surface area (Å²) in [5.41, 5.74) is 4.12. The fraction of sp³-hybridized carbons (Fsp3) is 0.273. The monoisotopic (exact) mass is 407 g/mol. The van der Waals surface area contributed by atoms with Crippen LogP contribution in [0.15, 0.2) is 48.8 Å². The number of nitriles is 1. The van der Waals surface area contributed by atoms with E-state index in [0.29, 0.717) is 24.0 Å². The number of benzene rings is 1. The third kappa shape index (κ3) is 4.40. The minimum Gasteiger partial charge on any atom is -0.493 e. The van der Waals surface area contributed by atoms with Gasteiger partial charge in [-0.05, 0) is 41.8 Å². The van der Waals surface area contributed by atoms with E-state index in [1.807, 2.05) is 18.2 Å². The first-order valence-electron chi connectivity index (χ1n) is 9.41. The lowest BCUT2D eigenvalue weighted by Gasteiger charge is -2.27. The van der Waals surface area contributed by atoms with Crippen LogP contribution in [-0.2, 0) is 11.3 Å². The van der Waals surface area contributed by atoms with Crippen LogP contribution in [0.3, 0.4) is 0 Å². The van der Waals surface area contributed by atoms with Gasteiger partial charge in [-0.3, -0.25) is 4.98 Å². The van der Waals surface area contributed by atoms with E-state index in [9.17, 15) is 0 Å². The molecule has 4 rings (SSSR count). The maximum atomic E-state index is 9.05. The van der Waals surface area contributed by atoms with Crippen LogP contribution in [0.25, 0.3) is 10.4 Å². The topological polar surface area (TPSA) is 87.4 Å². The van der Waals surface area contributed by atoms with E-state index in [2.05, 4.69) is 34.6 Å². The summed E-state index contributed by atoms with van der Waals surface area (Å²) in [7, 11) is 0. The number of nitrogens with zero attached hydrogens (tertiary/aromatic N) is 2. The molecular weight excluding hydrogens is 386 g/mol. The standard InChI is InChI=1S/C22H21N3O3S/c23-10-18-2-4-22(29-18)15-1-3-19-16(6-8-28-21(19)9-15)11-25-20-12-24-7-5-17(20)13-27-14-26/h1-5,7,9,12,16,25-26H,6,8,11,13-14H2/t16-/m1/s1. The molecule has 7 heteroatoms. The number of anilines is 1. The van der Waals surface area contributed by atoms with Gasteiger partial charge in [-0.2, -0.15) is 5.26 Å². The Balaban J connectivity index is 1.50. The second-order valence-corrected chi connectivity index (χ2v) is 7.84. The largest absolute Gasteiger partial charge is 0.493 e. The molecule has 2 N–H and O–H groups in total. The number of aromatic nitrogens is 1. The van der Waals surface area contributed by atoms with Crippen molar-refractivity contribution in [1.82, 2.24) is 4.98 Å². The number of ether oxygens (including phenoxy) is 2. The van der Waals surface area contributed by atoms with Crippen molar-refractivity contribution in [2.24, 2.45) is 0 Å². The lowest BCUT2D eigenvalue weighted by molar-refractivity contribution is -0.0110. The van der Waals surface area contributed by atoms with E-state index >= 15 is 0 Å². The molecule has 1 atom stereocenters. The number of hydrogen-bond donors (Lipinski definition) is 2. The Bertz CT molecular complexity index is 1030. The SMILES string of the molecule is N#Cc1ccc(-c2ccc3c(c2)OCC[C@@H]3CNc2cnccc2COCO)s1. The summed E-state index contributed by atoms with van der Waals surface area (Å²) >= 11 is 1.49. The van der Waals surface area contributed by atoms with Gasteiger partial charge in [0.1, 0.15) is 23.5 Å². The molecule has 2 aromatic heterocycles. The van der Waals surface area contributed by atoms with Crippen LogP contribution in [-0.4, -0.2) is 30.0 Å². The first-order valence-corrected chi connectivity index (χ1v) is 10.2. The molecule has 3 heterocycles. The number of thiophene rings is 1. The van der Waals surface area contributed by atoms with Crippen LogP contribution >= 0.6 is 11.3 Å². The van der Waals surface area contributed by atoms with Gasteiger partial charge in [0.25, 0.3) is 0 Å². The van der Waals surface area contributed by atoms with Crippen LogP contribution < -0.4 is 10.1 Å². The smallest absolute Gasteiger partial charge is 0.144 e. The minimum absolute atomic E-state index is 0.308. The predicted octanol–water partition coefficient (Wildman–Crippen LogP) is 4.13. The quantitative estimate of drug-likeness (QED) is 0.573. The molecule has 0 saturated carbocycles. The molecule has 1 aliphatic heterocycles. The highest BCUT2D eigenvalue weighted by atomic mass is 32.1. The van der Waals surface area contributed by atoms with Crippen molar-refractivity contribution in [3.05, 3.63) is 64.8 Å². The number of fused-ring (bicyclic) bond motifs is 1. The van der Waals surface area contributed by atoms with Gasteiger partial charge in [-0.1, -0.05) is 12.1 Å². The fourth-order valence-electron chi connectivity index (χ4n) is 3.48. The van der Waals surface area contributed by atoms with Crippen LogP contribution in [0.2, 0.25) is 0 Å². The molecule has 0 amide bonds. The highest BCUT2D eigenvalue weighted by Crippen LogP contribution is 2.38. The molecule has 0 aliphatic carbocycles. The average Bonchev–Trinajstić information content (AvgIpc) is 3.26. The Labute approximate surface area is 173 Å². The Hall–Kier alpha value is -2.92. The Kier molecular flexibility index (Phi) is 6.06. The van der Waals surface area contributed by atoms with Gasteiger partial charge in [0.05, 0.1) is 25.1 Å². The molecule has 3 aromatic rings. The number of hydrogen-bond acceptors (Lipinski definition) is 7. The highest BCUT2D eigenvalue weighted by Gasteiger charge is 2.22. The summed E-state index contributed by atoms with van der Waals surface area (Å²) in [6, 6.07) is 14.2.